The van der Waals surface area contributed by atoms with Gasteiger partial charge in [0.2, 0.25) is 0 Å². The summed E-state index contributed by atoms with van der Waals surface area (Å²) >= 11 is 1.49. The minimum Gasteiger partial charge on any atom is -0.308 e. The molecule has 0 radical (unpaired) electrons. The lowest BCUT2D eigenvalue weighted by Crippen LogP contribution is -2.21. The van der Waals surface area contributed by atoms with E-state index in [2.05, 4.69) is 24.1 Å². The Balaban J connectivity index is 2.71. The van der Waals surface area contributed by atoms with Crippen LogP contribution in [0, 0.1) is 6.92 Å². The molecule has 0 amide bonds. The Labute approximate surface area is 88.6 Å². The first-order chi connectivity index (χ1) is 6.50. The van der Waals surface area contributed by atoms with Gasteiger partial charge in [-0.15, -0.1) is 11.3 Å². The average Bonchev–Trinajstić information content (AvgIpc) is 2.43. The summed E-state index contributed by atoms with van der Waals surface area (Å²) in [6.07, 6.45) is 0. The lowest BCUT2D eigenvalue weighted by molar-refractivity contribution is 0.102. The molecule has 0 aliphatic heterocycles. The number of aryl methyl sites for hydroxylation is 1. The van der Waals surface area contributed by atoms with Crippen LogP contribution in [-0.4, -0.2) is 16.8 Å². The van der Waals surface area contributed by atoms with Crippen molar-refractivity contribution in [1.82, 2.24) is 10.3 Å². The van der Waals surface area contributed by atoms with Crippen LogP contribution in [0.25, 0.3) is 0 Å². The molecule has 0 atom stereocenters. The van der Waals surface area contributed by atoms with Gasteiger partial charge >= 0.3 is 0 Å². The second kappa shape index (κ2) is 4.66. The van der Waals surface area contributed by atoms with E-state index in [1.165, 1.54) is 11.3 Å². The number of nitrogens with zero attached hydrogens (tertiary/aromatic N) is 1. The van der Waals surface area contributed by atoms with Crippen molar-refractivity contribution in [3.63, 3.8) is 0 Å². The number of hydrogen-bond donors (Lipinski definition) is 1. The number of rotatable bonds is 4. The third-order valence-electron chi connectivity index (χ3n) is 1.82. The maximum atomic E-state index is 11.2. The third-order valence-corrected chi connectivity index (χ3v) is 3.08. The van der Waals surface area contributed by atoms with E-state index >= 15 is 0 Å². The molecule has 0 unspecified atom stereocenters. The van der Waals surface area contributed by atoms with E-state index in [4.69, 9.17) is 0 Å². The maximum Gasteiger partial charge on any atom is 0.171 e. The molecule has 3 nitrogen and oxygen atoms in total. The molecule has 1 aromatic heterocycles. The molecule has 1 heterocycles. The standard InChI is InChI=1S/C10H16N2OS/c1-6(2)11-5-9-12-7(3)10(14-9)8(4)13/h6,11H,5H2,1-4H3. The second-order valence-electron chi connectivity index (χ2n) is 3.61. The number of aromatic nitrogens is 1. The van der Waals surface area contributed by atoms with Crippen LogP contribution in [-0.2, 0) is 6.54 Å². The van der Waals surface area contributed by atoms with E-state index < -0.39 is 0 Å². The molecule has 14 heavy (non-hydrogen) atoms. The summed E-state index contributed by atoms with van der Waals surface area (Å²) in [5.74, 6) is 0.107. The van der Waals surface area contributed by atoms with Gasteiger partial charge in [0.15, 0.2) is 5.78 Å². The molecule has 1 rings (SSSR count). The highest BCUT2D eigenvalue weighted by Crippen LogP contribution is 2.18. The molecule has 1 N–H and O–H groups in total. The van der Waals surface area contributed by atoms with Crippen molar-refractivity contribution in [3.05, 3.63) is 15.6 Å². The van der Waals surface area contributed by atoms with Crippen LogP contribution in [0.15, 0.2) is 0 Å². The molecule has 1 aromatic rings. The molecular formula is C10H16N2OS. The van der Waals surface area contributed by atoms with Gasteiger partial charge in [-0.2, -0.15) is 0 Å². The molecule has 4 heteroatoms. The molecule has 0 aromatic carbocycles. The smallest absolute Gasteiger partial charge is 0.171 e. The van der Waals surface area contributed by atoms with Crippen LogP contribution in [0.2, 0.25) is 0 Å². The fraction of sp³-hybridized carbons (Fsp3) is 0.600. The van der Waals surface area contributed by atoms with Crippen molar-refractivity contribution in [2.75, 3.05) is 0 Å². The monoisotopic (exact) mass is 212 g/mol. The minimum absolute atomic E-state index is 0.107. The summed E-state index contributed by atoms with van der Waals surface area (Å²) in [6, 6.07) is 0.444. The number of carbonyl (C=O) groups excluding carboxylic acids is 1. The van der Waals surface area contributed by atoms with Gasteiger partial charge < -0.3 is 5.32 Å². The van der Waals surface area contributed by atoms with E-state index in [1.54, 1.807) is 6.92 Å². The van der Waals surface area contributed by atoms with Crippen LogP contribution in [0.5, 0.6) is 0 Å². The summed E-state index contributed by atoms with van der Waals surface area (Å²) in [6.45, 7) is 8.39. The number of hydrogen-bond acceptors (Lipinski definition) is 4. The van der Waals surface area contributed by atoms with Crippen LogP contribution in [0.4, 0.5) is 0 Å². The van der Waals surface area contributed by atoms with Gasteiger partial charge in [0, 0.05) is 19.5 Å². The second-order valence-corrected chi connectivity index (χ2v) is 4.70. The van der Waals surface area contributed by atoms with Gasteiger partial charge in [0.25, 0.3) is 0 Å². The molecule has 78 valence electrons. The van der Waals surface area contributed by atoms with Crippen molar-refractivity contribution < 1.29 is 4.79 Å². The van der Waals surface area contributed by atoms with Crippen molar-refractivity contribution in [1.29, 1.82) is 0 Å². The quantitative estimate of drug-likeness (QED) is 0.778. The predicted octanol–water partition coefficient (Wildman–Crippen LogP) is 2.15. The van der Waals surface area contributed by atoms with Crippen LogP contribution < -0.4 is 5.32 Å². The molecule has 0 aliphatic carbocycles. The maximum absolute atomic E-state index is 11.2. The normalized spacial score (nSPS) is 10.9. The van der Waals surface area contributed by atoms with Crippen LogP contribution in [0.3, 0.4) is 0 Å². The van der Waals surface area contributed by atoms with E-state index in [1.807, 2.05) is 6.92 Å². The first-order valence-electron chi connectivity index (χ1n) is 4.71. The average molecular weight is 212 g/mol. The van der Waals surface area contributed by atoms with E-state index in [-0.39, 0.29) is 5.78 Å². The molecule has 0 bridgehead atoms. The fourth-order valence-electron chi connectivity index (χ4n) is 1.15. The molecular weight excluding hydrogens is 196 g/mol. The number of Topliss-reactive ketones (excluding diaryl/α,β-unsaturated/α-hetero) is 1. The van der Waals surface area contributed by atoms with Crippen molar-refractivity contribution in [2.24, 2.45) is 0 Å². The molecule has 0 fully saturated rings. The summed E-state index contributed by atoms with van der Waals surface area (Å²) in [4.78, 5) is 16.3. The molecule has 0 spiro atoms. The van der Waals surface area contributed by atoms with Gasteiger partial charge in [-0.25, -0.2) is 4.98 Å². The van der Waals surface area contributed by atoms with Crippen LogP contribution in [0.1, 0.15) is 41.1 Å². The Morgan fingerprint density at radius 3 is 2.64 bits per heavy atom. The number of carbonyl (C=O) groups is 1. The Morgan fingerprint density at radius 1 is 1.57 bits per heavy atom. The van der Waals surface area contributed by atoms with Crippen molar-refractivity contribution in [3.8, 4) is 0 Å². The Morgan fingerprint density at radius 2 is 2.21 bits per heavy atom. The number of thiazole rings is 1. The topological polar surface area (TPSA) is 42.0 Å². The summed E-state index contributed by atoms with van der Waals surface area (Å²) in [5.41, 5.74) is 0.850. The zero-order valence-corrected chi connectivity index (χ0v) is 9.86. The van der Waals surface area contributed by atoms with Gasteiger partial charge in [-0.3, -0.25) is 4.79 Å². The predicted molar refractivity (Wildman–Crippen MR) is 58.8 cm³/mol. The number of ketones is 1. The molecule has 0 saturated carbocycles. The van der Waals surface area contributed by atoms with E-state index in [0.717, 1.165) is 22.1 Å². The van der Waals surface area contributed by atoms with Gasteiger partial charge in [-0.1, -0.05) is 13.8 Å². The zero-order valence-electron chi connectivity index (χ0n) is 9.05. The first-order valence-corrected chi connectivity index (χ1v) is 5.53. The van der Waals surface area contributed by atoms with Gasteiger partial charge in [0.05, 0.1) is 10.6 Å². The highest BCUT2D eigenvalue weighted by molar-refractivity contribution is 7.13. The zero-order chi connectivity index (χ0) is 10.7. The summed E-state index contributed by atoms with van der Waals surface area (Å²) < 4.78 is 0. The Kier molecular flexibility index (Phi) is 3.77. The first kappa shape index (κ1) is 11.3. The Hall–Kier alpha value is -0.740. The number of nitrogens with one attached hydrogen (secondary N) is 1. The summed E-state index contributed by atoms with van der Waals surface area (Å²) in [7, 11) is 0. The van der Waals surface area contributed by atoms with Crippen molar-refractivity contribution >= 4 is 17.1 Å². The van der Waals surface area contributed by atoms with Gasteiger partial charge in [0.1, 0.15) is 5.01 Å². The third kappa shape index (κ3) is 2.89. The van der Waals surface area contributed by atoms with Crippen LogP contribution >= 0.6 is 11.3 Å². The lowest BCUT2D eigenvalue weighted by Gasteiger charge is -2.04. The summed E-state index contributed by atoms with van der Waals surface area (Å²) in [5, 5.41) is 4.27. The van der Waals surface area contributed by atoms with Crippen molar-refractivity contribution in [2.45, 2.75) is 40.3 Å². The van der Waals surface area contributed by atoms with E-state index in [0.29, 0.717) is 6.04 Å². The molecule has 0 saturated heterocycles. The minimum atomic E-state index is 0.107. The van der Waals surface area contributed by atoms with Gasteiger partial charge in [-0.05, 0) is 6.92 Å². The van der Waals surface area contributed by atoms with E-state index in [9.17, 15) is 4.79 Å². The Bertz CT molecular complexity index is 331. The highest BCUT2D eigenvalue weighted by atomic mass is 32.1. The highest BCUT2D eigenvalue weighted by Gasteiger charge is 2.10. The SMILES string of the molecule is CC(=O)c1sc(CNC(C)C)nc1C. The lowest BCUT2D eigenvalue weighted by atomic mass is 10.3. The molecule has 0 aliphatic rings. The largest absolute Gasteiger partial charge is 0.308 e. The fourth-order valence-corrected chi connectivity index (χ4v) is 2.06.